The molecule has 1 unspecified atom stereocenters. The monoisotopic (exact) mass is 227 g/mol. The van der Waals surface area contributed by atoms with E-state index in [0.29, 0.717) is 17.4 Å². The van der Waals surface area contributed by atoms with Gasteiger partial charge in [0.1, 0.15) is 0 Å². The van der Waals surface area contributed by atoms with E-state index in [-0.39, 0.29) is 0 Å². The van der Waals surface area contributed by atoms with E-state index < -0.39 is 0 Å². The maximum absolute atomic E-state index is 5.28. The van der Waals surface area contributed by atoms with Crippen LogP contribution in [0.25, 0.3) is 0 Å². The van der Waals surface area contributed by atoms with Crippen LogP contribution in [0.5, 0.6) is 0 Å². The second kappa shape index (κ2) is 6.61. The van der Waals surface area contributed by atoms with E-state index in [9.17, 15) is 0 Å². The third kappa shape index (κ3) is 3.74. The Hall–Kier alpha value is -0.0800. The van der Waals surface area contributed by atoms with Gasteiger partial charge in [0, 0.05) is 19.7 Å². The highest BCUT2D eigenvalue weighted by molar-refractivity contribution is 4.87. The van der Waals surface area contributed by atoms with Crippen molar-refractivity contribution in [2.24, 2.45) is 11.3 Å². The Morgan fingerprint density at radius 1 is 1.25 bits per heavy atom. The van der Waals surface area contributed by atoms with Crippen molar-refractivity contribution >= 4 is 0 Å². The van der Waals surface area contributed by atoms with Crippen LogP contribution in [0.1, 0.15) is 52.9 Å². The fourth-order valence-corrected chi connectivity index (χ4v) is 2.79. The number of rotatable bonds is 7. The fraction of sp³-hybridized carbons (Fsp3) is 1.00. The minimum Gasteiger partial charge on any atom is -0.383 e. The van der Waals surface area contributed by atoms with Crippen LogP contribution < -0.4 is 5.32 Å². The number of nitrogens with one attached hydrogen (secondary N) is 1. The first kappa shape index (κ1) is 14.0. The largest absolute Gasteiger partial charge is 0.383 e. The van der Waals surface area contributed by atoms with Gasteiger partial charge in [0.15, 0.2) is 0 Å². The van der Waals surface area contributed by atoms with Gasteiger partial charge in [-0.05, 0) is 30.6 Å². The summed E-state index contributed by atoms with van der Waals surface area (Å²) >= 11 is 0. The minimum absolute atomic E-state index is 0.508. The maximum atomic E-state index is 5.28. The molecule has 0 aromatic heterocycles. The molecule has 0 bridgehead atoms. The van der Waals surface area contributed by atoms with Gasteiger partial charge in [-0.2, -0.15) is 0 Å². The first-order valence-electron chi connectivity index (χ1n) is 6.86. The van der Waals surface area contributed by atoms with Crippen molar-refractivity contribution in [3.63, 3.8) is 0 Å². The van der Waals surface area contributed by atoms with E-state index in [4.69, 9.17) is 4.74 Å². The molecule has 1 saturated carbocycles. The molecule has 0 radical (unpaired) electrons. The number of ether oxygens (including phenoxy) is 1. The molecule has 1 atom stereocenters. The van der Waals surface area contributed by atoms with Crippen LogP contribution in [0.15, 0.2) is 0 Å². The summed E-state index contributed by atoms with van der Waals surface area (Å²) < 4.78 is 5.28. The van der Waals surface area contributed by atoms with Gasteiger partial charge in [0.2, 0.25) is 0 Å². The van der Waals surface area contributed by atoms with Gasteiger partial charge >= 0.3 is 0 Å². The summed E-state index contributed by atoms with van der Waals surface area (Å²) in [5, 5.41) is 3.73. The average Bonchev–Trinajstić information content (AvgIpc) is 2.73. The highest BCUT2D eigenvalue weighted by atomic mass is 16.5. The molecule has 96 valence electrons. The van der Waals surface area contributed by atoms with Gasteiger partial charge in [-0.25, -0.2) is 0 Å². The first-order chi connectivity index (χ1) is 7.63. The minimum atomic E-state index is 0.508. The molecule has 16 heavy (non-hydrogen) atoms. The molecular formula is C14H29NO. The summed E-state index contributed by atoms with van der Waals surface area (Å²) in [6.07, 6.45) is 6.98. The molecule has 1 aliphatic rings. The number of hydrogen-bond acceptors (Lipinski definition) is 2. The van der Waals surface area contributed by atoms with Crippen molar-refractivity contribution in [3.05, 3.63) is 0 Å². The van der Waals surface area contributed by atoms with Crippen molar-refractivity contribution < 1.29 is 4.74 Å². The van der Waals surface area contributed by atoms with E-state index in [1.54, 1.807) is 7.11 Å². The molecule has 0 amide bonds. The Balaban J connectivity index is 2.40. The second-order valence-electron chi connectivity index (χ2n) is 5.75. The normalized spacial score (nSPS) is 21.6. The van der Waals surface area contributed by atoms with Crippen LogP contribution in [-0.2, 0) is 4.74 Å². The zero-order chi connectivity index (χ0) is 12.0. The molecule has 2 nitrogen and oxygen atoms in total. The molecule has 0 spiro atoms. The van der Waals surface area contributed by atoms with E-state index in [1.807, 2.05) is 0 Å². The summed E-state index contributed by atoms with van der Waals surface area (Å²) in [7, 11) is 1.79. The molecule has 2 heteroatoms. The van der Waals surface area contributed by atoms with E-state index in [0.717, 1.165) is 6.61 Å². The summed E-state index contributed by atoms with van der Waals surface area (Å²) in [5.74, 6) is 0.648. The molecule has 1 N–H and O–H groups in total. The summed E-state index contributed by atoms with van der Waals surface area (Å²) in [5.41, 5.74) is 0.584. The SMILES string of the molecule is CCC1(CNC(COC)C(C)C)CCCC1. The lowest BCUT2D eigenvalue weighted by molar-refractivity contribution is 0.134. The Morgan fingerprint density at radius 2 is 1.88 bits per heavy atom. The molecule has 0 aromatic carbocycles. The molecule has 1 aliphatic carbocycles. The summed E-state index contributed by atoms with van der Waals surface area (Å²) in [4.78, 5) is 0. The Labute approximate surface area is 101 Å². The van der Waals surface area contributed by atoms with Crippen LogP contribution >= 0.6 is 0 Å². The van der Waals surface area contributed by atoms with Gasteiger partial charge in [-0.1, -0.05) is 33.6 Å². The second-order valence-corrected chi connectivity index (χ2v) is 5.75. The predicted octanol–water partition coefficient (Wildman–Crippen LogP) is 3.22. The summed E-state index contributed by atoms with van der Waals surface area (Å²) in [6.45, 7) is 8.88. The highest BCUT2D eigenvalue weighted by Gasteiger charge is 2.32. The van der Waals surface area contributed by atoms with Crippen molar-refractivity contribution in [1.82, 2.24) is 5.32 Å². The van der Waals surface area contributed by atoms with Crippen LogP contribution in [-0.4, -0.2) is 26.3 Å². The lowest BCUT2D eigenvalue weighted by Crippen LogP contribution is -2.43. The van der Waals surface area contributed by atoms with Crippen molar-refractivity contribution in [2.75, 3.05) is 20.3 Å². The topological polar surface area (TPSA) is 21.3 Å². The Kier molecular flexibility index (Phi) is 5.77. The van der Waals surface area contributed by atoms with Gasteiger partial charge in [-0.15, -0.1) is 0 Å². The Bertz CT molecular complexity index is 185. The van der Waals surface area contributed by atoms with Gasteiger partial charge in [0.05, 0.1) is 6.61 Å². The zero-order valence-corrected chi connectivity index (χ0v) is 11.5. The maximum Gasteiger partial charge on any atom is 0.0618 e. The van der Waals surface area contributed by atoms with Crippen LogP contribution in [0, 0.1) is 11.3 Å². The molecular weight excluding hydrogens is 198 g/mol. The smallest absolute Gasteiger partial charge is 0.0618 e. The third-order valence-electron chi connectivity index (χ3n) is 4.30. The van der Waals surface area contributed by atoms with Crippen LogP contribution in [0.4, 0.5) is 0 Å². The van der Waals surface area contributed by atoms with Crippen LogP contribution in [0.3, 0.4) is 0 Å². The van der Waals surface area contributed by atoms with Gasteiger partial charge in [0.25, 0.3) is 0 Å². The molecule has 0 aromatic rings. The summed E-state index contributed by atoms with van der Waals surface area (Å²) in [6, 6.07) is 0.508. The van der Waals surface area contributed by atoms with E-state index >= 15 is 0 Å². The van der Waals surface area contributed by atoms with E-state index in [1.165, 1.54) is 38.6 Å². The predicted molar refractivity (Wildman–Crippen MR) is 69.7 cm³/mol. The molecule has 0 saturated heterocycles. The molecule has 1 rings (SSSR count). The van der Waals surface area contributed by atoms with Crippen molar-refractivity contribution in [1.29, 1.82) is 0 Å². The van der Waals surface area contributed by atoms with Gasteiger partial charge < -0.3 is 10.1 Å². The van der Waals surface area contributed by atoms with Crippen LogP contribution in [0.2, 0.25) is 0 Å². The molecule has 0 heterocycles. The number of hydrogen-bond donors (Lipinski definition) is 1. The highest BCUT2D eigenvalue weighted by Crippen LogP contribution is 2.40. The quantitative estimate of drug-likeness (QED) is 0.721. The number of methoxy groups -OCH3 is 1. The van der Waals surface area contributed by atoms with E-state index in [2.05, 4.69) is 26.1 Å². The standard InChI is InChI=1S/C14H29NO/c1-5-14(8-6-7-9-14)11-15-13(10-16-4)12(2)3/h12-13,15H,5-11H2,1-4H3. The average molecular weight is 227 g/mol. The lowest BCUT2D eigenvalue weighted by atomic mass is 9.83. The Morgan fingerprint density at radius 3 is 2.31 bits per heavy atom. The van der Waals surface area contributed by atoms with Gasteiger partial charge in [-0.3, -0.25) is 0 Å². The molecule has 1 fully saturated rings. The fourth-order valence-electron chi connectivity index (χ4n) is 2.79. The molecule has 0 aliphatic heterocycles. The third-order valence-corrected chi connectivity index (χ3v) is 4.30. The van der Waals surface area contributed by atoms with Crippen molar-refractivity contribution in [2.45, 2.75) is 58.9 Å². The first-order valence-corrected chi connectivity index (χ1v) is 6.86. The lowest BCUT2D eigenvalue weighted by Gasteiger charge is -2.31. The zero-order valence-electron chi connectivity index (χ0n) is 11.5. The van der Waals surface area contributed by atoms with Crippen molar-refractivity contribution in [3.8, 4) is 0 Å².